The first-order valence-corrected chi connectivity index (χ1v) is 5.92. The van der Waals surface area contributed by atoms with Crippen molar-refractivity contribution in [2.75, 3.05) is 7.11 Å². The van der Waals surface area contributed by atoms with Crippen LogP contribution in [0.4, 0.5) is 0 Å². The van der Waals surface area contributed by atoms with Crippen molar-refractivity contribution >= 4 is 5.97 Å². The lowest BCUT2D eigenvalue weighted by Gasteiger charge is -2.24. The molecule has 6 nitrogen and oxygen atoms in total. The van der Waals surface area contributed by atoms with Gasteiger partial charge in [-0.1, -0.05) is 6.07 Å². The van der Waals surface area contributed by atoms with Gasteiger partial charge >= 0.3 is 5.97 Å². The van der Waals surface area contributed by atoms with E-state index in [-0.39, 0.29) is 5.69 Å². The standard InChI is InChI=1S/C13H20N2O4/c1-13(2,3)19-12(17)10(14)11(16)8-6-5-7-9(15-8)18-4/h5-7,10-11,16H,14H2,1-4H3. The van der Waals surface area contributed by atoms with E-state index in [2.05, 4.69) is 4.98 Å². The highest BCUT2D eigenvalue weighted by Crippen LogP contribution is 2.19. The summed E-state index contributed by atoms with van der Waals surface area (Å²) < 4.78 is 10.1. The molecule has 1 heterocycles. The van der Waals surface area contributed by atoms with Crippen LogP contribution in [0.3, 0.4) is 0 Å². The molecule has 0 aliphatic heterocycles. The molecule has 0 aliphatic carbocycles. The second-order valence-corrected chi connectivity index (χ2v) is 5.11. The summed E-state index contributed by atoms with van der Waals surface area (Å²) in [6, 6.07) is 3.66. The Morgan fingerprint density at radius 3 is 2.58 bits per heavy atom. The number of methoxy groups -OCH3 is 1. The Kier molecular flexibility index (Phi) is 4.85. The maximum Gasteiger partial charge on any atom is 0.326 e. The minimum absolute atomic E-state index is 0.262. The van der Waals surface area contributed by atoms with Crippen molar-refractivity contribution in [2.45, 2.75) is 38.5 Å². The zero-order chi connectivity index (χ0) is 14.6. The topological polar surface area (TPSA) is 94.7 Å². The highest BCUT2D eigenvalue weighted by Gasteiger charge is 2.29. The van der Waals surface area contributed by atoms with E-state index in [4.69, 9.17) is 15.2 Å². The van der Waals surface area contributed by atoms with Gasteiger partial charge in [0.15, 0.2) is 0 Å². The van der Waals surface area contributed by atoms with E-state index in [1.807, 2.05) is 0 Å². The number of nitrogens with zero attached hydrogens (tertiary/aromatic N) is 1. The molecule has 0 spiro atoms. The highest BCUT2D eigenvalue weighted by molar-refractivity contribution is 5.76. The lowest BCUT2D eigenvalue weighted by Crippen LogP contribution is -2.41. The molecule has 0 bridgehead atoms. The van der Waals surface area contributed by atoms with Gasteiger partial charge in [-0.3, -0.25) is 4.79 Å². The summed E-state index contributed by atoms with van der Waals surface area (Å²) in [7, 11) is 1.46. The summed E-state index contributed by atoms with van der Waals surface area (Å²) in [4.78, 5) is 15.8. The predicted octanol–water partition coefficient (Wildman–Crippen LogP) is 0.793. The van der Waals surface area contributed by atoms with Gasteiger partial charge < -0.3 is 20.3 Å². The highest BCUT2D eigenvalue weighted by atomic mass is 16.6. The van der Waals surface area contributed by atoms with Gasteiger partial charge in [0.1, 0.15) is 17.7 Å². The van der Waals surface area contributed by atoms with Crippen molar-refractivity contribution in [3.05, 3.63) is 23.9 Å². The molecule has 2 unspecified atom stereocenters. The van der Waals surface area contributed by atoms with Gasteiger partial charge in [0.05, 0.1) is 12.8 Å². The first-order valence-electron chi connectivity index (χ1n) is 5.92. The van der Waals surface area contributed by atoms with Gasteiger partial charge in [0.25, 0.3) is 0 Å². The van der Waals surface area contributed by atoms with Crippen molar-refractivity contribution in [2.24, 2.45) is 5.73 Å². The molecule has 6 heteroatoms. The fraction of sp³-hybridized carbons (Fsp3) is 0.538. The van der Waals surface area contributed by atoms with E-state index >= 15 is 0 Å². The summed E-state index contributed by atoms with van der Waals surface area (Å²) in [5.41, 5.74) is 5.29. The Labute approximate surface area is 112 Å². The first kappa shape index (κ1) is 15.4. The smallest absolute Gasteiger partial charge is 0.326 e. The molecular weight excluding hydrogens is 248 g/mol. The third-order valence-electron chi connectivity index (χ3n) is 2.28. The Morgan fingerprint density at radius 2 is 2.05 bits per heavy atom. The summed E-state index contributed by atoms with van der Waals surface area (Å²) in [6.45, 7) is 5.19. The molecule has 0 saturated carbocycles. The van der Waals surface area contributed by atoms with Crippen LogP contribution in [-0.4, -0.2) is 34.8 Å². The molecule has 2 atom stereocenters. The number of pyridine rings is 1. The van der Waals surface area contributed by atoms with Crippen LogP contribution in [0.15, 0.2) is 18.2 Å². The predicted molar refractivity (Wildman–Crippen MR) is 69.6 cm³/mol. The Bertz CT molecular complexity index is 443. The molecule has 0 aliphatic rings. The zero-order valence-corrected chi connectivity index (χ0v) is 11.6. The molecule has 1 aromatic heterocycles. The Morgan fingerprint density at radius 1 is 1.42 bits per heavy atom. The minimum atomic E-state index is -1.25. The van der Waals surface area contributed by atoms with Crippen LogP contribution < -0.4 is 10.5 Å². The molecule has 1 aromatic rings. The quantitative estimate of drug-likeness (QED) is 0.784. The lowest BCUT2D eigenvalue weighted by atomic mass is 10.1. The maximum absolute atomic E-state index is 11.8. The van der Waals surface area contributed by atoms with Crippen LogP contribution in [0.1, 0.15) is 32.6 Å². The Balaban J connectivity index is 2.81. The number of ether oxygens (including phenoxy) is 2. The average Bonchev–Trinajstić information content (AvgIpc) is 2.35. The fourth-order valence-electron chi connectivity index (χ4n) is 1.39. The van der Waals surface area contributed by atoms with E-state index < -0.39 is 23.7 Å². The molecule has 0 amide bonds. The number of rotatable bonds is 4. The van der Waals surface area contributed by atoms with Crippen LogP contribution in [0.5, 0.6) is 5.88 Å². The number of nitrogens with two attached hydrogens (primary N) is 1. The van der Waals surface area contributed by atoms with Crippen molar-refractivity contribution in [1.82, 2.24) is 4.98 Å². The summed E-state index contributed by atoms with van der Waals surface area (Å²) in [6.07, 6.45) is -1.25. The summed E-state index contributed by atoms with van der Waals surface area (Å²) >= 11 is 0. The number of aliphatic hydroxyl groups is 1. The van der Waals surface area contributed by atoms with Crippen molar-refractivity contribution < 1.29 is 19.4 Å². The van der Waals surface area contributed by atoms with Gasteiger partial charge in [0, 0.05) is 6.07 Å². The van der Waals surface area contributed by atoms with Crippen LogP contribution in [0.2, 0.25) is 0 Å². The molecule has 0 aromatic carbocycles. The van der Waals surface area contributed by atoms with Crippen molar-refractivity contribution in [3.8, 4) is 5.88 Å². The normalized spacial score (nSPS) is 14.6. The number of hydrogen-bond donors (Lipinski definition) is 2. The van der Waals surface area contributed by atoms with Gasteiger partial charge in [-0.2, -0.15) is 0 Å². The third kappa shape index (κ3) is 4.50. The minimum Gasteiger partial charge on any atom is -0.481 e. The molecule has 1 rings (SSSR count). The zero-order valence-electron chi connectivity index (χ0n) is 11.6. The fourth-order valence-corrected chi connectivity index (χ4v) is 1.39. The number of aromatic nitrogens is 1. The summed E-state index contributed by atoms with van der Waals surface area (Å²) in [5, 5.41) is 10.0. The molecule has 3 N–H and O–H groups in total. The maximum atomic E-state index is 11.8. The number of esters is 1. The average molecular weight is 268 g/mol. The van der Waals surface area contributed by atoms with Crippen LogP contribution >= 0.6 is 0 Å². The molecule has 0 fully saturated rings. The Hall–Kier alpha value is -1.66. The molecule has 0 radical (unpaired) electrons. The van der Waals surface area contributed by atoms with Gasteiger partial charge in [-0.05, 0) is 26.8 Å². The second-order valence-electron chi connectivity index (χ2n) is 5.11. The number of carbonyl (C=O) groups excluding carboxylic acids is 1. The van der Waals surface area contributed by atoms with E-state index in [1.165, 1.54) is 7.11 Å². The molecule has 106 valence electrons. The van der Waals surface area contributed by atoms with E-state index in [9.17, 15) is 9.90 Å². The third-order valence-corrected chi connectivity index (χ3v) is 2.28. The van der Waals surface area contributed by atoms with Gasteiger partial charge in [0.2, 0.25) is 5.88 Å². The van der Waals surface area contributed by atoms with E-state index in [1.54, 1.807) is 39.0 Å². The van der Waals surface area contributed by atoms with Crippen LogP contribution in [0, 0.1) is 0 Å². The number of hydrogen-bond acceptors (Lipinski definition) is 6. The second kappa shape index (κ2) is 5.99. The lowest BCUT2D eigenvalue weighted by molar-refractivity contribution is -0.159. The van der Waals surface area contributed by atoms with E-state index in [0.717, 1.165) is 0 Å². The van der Waals surface area contributed by atoms with Crippen molar-refractivity contribution in [3.63, 3.8) is 0 Å². The molecular formula is C13H20N2O4. The van der Waals surface area contributed by atoms with Gasteiger partial charge in [-0.15, -0.1) is 0 Å². The SMILES string of the molecule is COc1cccc(C(O)C(N)C(=O)OC(C)(C)C)n1. The summed E-state index contributed by atoms with van der Waals surface area (Å²) in [5.74, 6) is -0.336. The monoisotopic (exact) mass is 268 g/mol. The van der Waals surface area contributed by atoms with Crippen LogP contribution in [-0.2, 0) is 9.53 Å². The number of aliphatic hydroxyl groups excluding tert-OH is 1. The van der Waals surface area contributed by atoms with Gasteiger partial charge in [-0.25, -0.2) is 4.98 Å². The van der Waals surface area contributed by atoms with E-state index in [0.29, 0.717) is 5.88 Å². The molecule has 0 saturated heterocycles. The number of carbonyl (C=O) groups is 1. The largest absolute Gasteiger partial charge is 0.481 e. The molecule has 19 heavy (non-hydrogen) atoms. The van der Waals surface area contributed by atoms with Crippen molar-refractivity contribution in [1.29, 1.82) is 0 Å². The van der Waals surface area contributed by atoms with Crippen LogP contribution in [0.25, 0.3) is 0 Å². The first-order chi connectivity index (χ1) is 8.74.